The Kier molecular flexibility index (Phi) is 5.41. The molecule has 0 aromatic rings. The lowest BCUT2D eigenvalue weighted by Gasteiger charge is -2.32. The highest BCUT2D eigenvalue weighted by atomic mass is 16.4. The van der Waals surface area contributed by atoms with Crippen LogP contribution in [0.25, 0.3) is 0 Å². The third-order valence-corrected chi connectivity index (χ3v) is 5.93. The number of hydrogen-bond acceptors (Lipinski definition) is 3. The van der Waals surface area contributed by atoms with E-state index in [9.17, 15) is 14.4 Å². The highest BCUT2D eigenvalue weighted by Crippen LogP contribution is 2.30. The quantitative estimate of drug-likeness (QED) is 0.798. The van der Waals surface area contributed by atoms with E-state index in [1.165, 1.54) is 25.7 Å². The van der Waals surface area contributed by atoms with Crippen molar-refractivity contribution in [1.29, 1.82) is 0 Å². The third kappa shape index (κ3) is 3.73. The van der Waals surface area contributed by atoms with Gasteiger partial charge in [0.1, 0.15) is 0 Å². The molecule has 2 heterocycles. The van der Waals surface area contributed by atoms with Gasteiger partial charge in [0.2, 0.25) is 11.8 Å². The van der Waals surface area contributed by atoms with E-state index in [2.05, 4.69) is 0 Å². The third-order valence-electron chi connectivity index (χ3n) is 5.93. The van der Waals surface area contributed by atoms with E-state index in [1.54, 1.807) is 4.90 Å². The Morgan fingerprint density at radius 3 is 2.12 bits per heavy atom. The first-order valence-corrected chi connectivity index (χ1v) is 9.37. The number of likely N-dealkylation sites (tertiary alicyclic amines) is 2. The topological polar surface area (TPSA) is 77.9 Å². The second-order valence-corrected chi connectivity index (χ2v) is 7.53. The first-order chi connectivity index (χ1) is 11.6. The van der Waals surface area contributed by atoms with Gasteiger partial charge >= 0.3 is 5.97 Å². The van der Waals surface area contributed by atoms with E-state index < -0.39 is 5.97 Å². The predicted octanol–water partition coefficient (Wildman–Crippen LogP) is 1.88. The zero-order chi connectivity index (χ0) is 17.1. The minimum absolute atomic E-state index is 0.0447. The Labute approximate surface area is 143 Å². The number of carboxylic acids is 1. The van der Waals surface area contributed by atoms with Crippen LogP contribution in [0.5, 0.6) is 0 Å². The van der Waals surface area contributed by atoms with E-state index >= 15 is 0 Å². The Morgan fingerprint density at radius 1 is 0.917 bits per heavy atom. The Bertz CT molecular complexity index is 491. The van der Waals surface area contributed by atoms with Gasteiger partial charge in [0.05, 0.1) is 11.8 Å². The van der Waals surface area contributed by atoms with E-state index in [0.717, 1.165) is 12.8 Å². The van der Waals surface area contributed by atoms with Crippen molar-refractivity contribution in [2.75, 3.05) is 19.6 Å². The summed E-state index contributed by atoms with van der Waals surface area (Å²) in [5.41, 5.74) is 0. The number of carbonyl (C=O) groups excluding carboxylic acids is 2. The Hall–Kier alpha value is -1.59. The van der Waals surface area contributed by atoms with Crippen molar-refractivity contribution in [3.05, 3.63) is 0 Å². The standard InChI is InChI=1S/C18H28N2O4/c21-16-11-14(12-20(16)15-5-3-1-2-4-6-15)17(22)19-9-7-13(8-10-19)18(23)24/h13-15H,1-12H2,(H,23,24)/t14-/m0/s1. The molecular formula is C18H28N2O4. The lowest BCUT2D eigenvalue weighted by atomic mass is 9.95. The minimum atomic E-state index is -0.766. The van der Waals surface area contributed by atoms with Crippen LogP contribution in [-0.2, 0) is 14.4 Å². The van der Waals surface area contributed by atoms with Crippen LogP contribution in [-0.4, -0.2) is 58.4 Å². The van der Waals surface area contributed by atoms with Crippen LogP contribution < -0.4 is 0 Å². The number of rotatable bonds is 3. The number of carbonyl (C=O) groups is 3. The average molecular weight is 336 g/mol. The highest BCUT2D eigenvalue weighted by Gasteiger charge is 2.40. The summed E-state index contributed by atoms with van der Waals surface area (Å²) in [6, 6.07) is 0.315. The maximum atomic E-state index is 12.7. The monoisotopic (exact) mass is 336 g/mol. The summed E-state index contributed by atoms with van der Waals surface area (Å²) in [7, 11) is 0. The molecule has 134 valence electrons. The molecule has 0 radical (unpaired) electrons. The maximum absolute atomic E-state index is 12.7. The van der Waals surface area contributed by atoms with Gasteiger partial charge < -0.3 is 14.9 Å². The van der Waals surface area contributed by atoms with Gasteiger partial charge in [-0.15, -0.1) is 0 Å². The van der Waals surface area contributed by atoms with Gasteiger partial charge in [-0.2, -0.15) is 0 Å². The SMILES string of the molecule is O=C(O)C1CCN(C(=O)[C@H]2CC(=O)N(C3CCCCCC3)C2)CC1. The normalized spacial score (nSPS) is 27.3. The molecule has 1 atom stereocenters. The second-order valence-electron chi connectivity index (χ2n) is 7.53. The van der Waals surface area contributed by atoms with Crippen molar-refractivity contribution < 1.29 is 19.5 Å². The maximum Gasteiger partial charge on any atom is 0.306 e. The van der Waals surface area contributed by atoms with Crippen LogP contribution in [0.2, 0.25) is 0 Å². The van der Waals surface area contributed by atoms with Crippen LogP contribution >= 0.6 is 0 Å². The molecule has 1 saturated carbocycles. The Morgan fingerprint density at radius 2 is 1.54 bits per heavy atom. The van der Waals surface area contributed by atoms with E-state index in [-0.39, 0.29) is 23.7 Å². The number of aliphatic carboxylic acids is 1. The fourth-order valence-corrected chi connectivity index (χ4v) is 4.42. The van der Waals surface area contributed by atoms with Gasteiger partial charge in [0.25, 0.3) is 0 Å². The summed E-state index contributed by atoms with van der Waals surface area (Å²) in [5.74, 6) is -1.16. The van der Waals surface area contributed by atoms with Crippen LogP contribution in [0.4, 0.5) is 0 Å². The second kappa shape index (κ2) is 7.53. The van der Waals surface area contributed by atoms with Gasteiger partial charge in [0, 0.05) is 32.1 Å². The molecule has 2 aliphatic heterocycles. The summed E-state index contributed by atoms with van der Waals surface area (Å²) in [6.45, 7) is 1.56. The molecule has 3 fully saturated rings. The minimum Gasteiger partial charge on any atom is -0.481 e. The molecule has 0 bridgehead atoms. The van der Waals surface area contributed by atoms with Crippen molar-refractivity contribution >= 4 is 17.8 Å². The molecular weight excluding hydrogens is 308 g/mol. The summed E-state index contributed by atoms with van der Waals surface area (Å²) in [6.07, 6.45) is 8.36. The van der Waals surface area contributed by atoms with Crippen molar-refractivity contribution in [2.24, 2.45) is 11.8 Å². The molecule has 24 heavy (non-hydrogen) atoms. The van der Waals surface area contributed by atoms with Gasteiger partial charge in [-0.25, -0.2) is 0 Å². The molecule has 3 rings (SSSR count). The molecule has 3 aliphatic rings. The number of carboxylic acid groups (broad SMARTS) is 1. The first kappa shape index (κ1) is 17.2. The average Bonchev–Trinajstić information content (AvgIpc) is 2.80. The van der Waals surface area contributed by atoms with Gasteiger partial charge in [0.15, 0.2) is 0 Å². The molecule has 0 spiro atoms. The van der Waals surface area contributed by atoms with Crippen molar-refractivity contribution in [2.45, 2.75) is 63.8 Å². The lowest BCUT2D eigenvalue weighted by Crippen LogP contribution is -2.44. The molecule has 6 heteroatoms. The number of amides is 2. The molecule has 6 nitrogen and oxygen atoms in total. The molecule has 2 saturated heterocycles. The van der Waals surface area contributed by atoms with E-state index in [1.807, 2.05) is 4.90 Å². The lowest BCUT2D eigenvalue weighted by molar-refractivity contribution is -0.146. The summed E-state index contributed by atoms with van der Waals surface area (Å²) in [5, 5.41) is 9.06. The van der Waals surface area contributed by atoms with E-state index in [0.29, 0.717) is 44.9 Å². The zero-order valence-corrected chi connectivity index (χ0v) is 14.3. The molecule has 0 aromatic heterocycles. The molecule has 1 N–H and O–H groups in total. The fourth-order valence-electron chi connectivity index (χ4n) is 4.42. The van der Waals surface area contributed by atoms with Crippen LogP contribution in [0.3, 0.4) is 0 Å². The number of piperidine rings is 1. The summed E-state index contributed by atoms with van der Waals surface area (Å²) in [4.78, 5) is 39.9. The number of hydrogen-bond donors (Lipinski definition) is 1. The van der Waals surface area contributed by atoms with Crippen molar-refractivity contribution in [3.63, 3.8) is 0 Å². The molecule has 0 unspecified atom stereocenters. The molecule has 1 aliphatic carbocycles. The fraction of sp³-hybridized carbons (Fsp3) is 0.833. The van der Waals surface area contributed by atoms with Crippen molar-refractivity contribution in [1.82, 2.24) is 9.80 Å². The van der Waals surface area contributed by atoms with Crippen LogP contribution in [0.1, 0.15) is 57.8 Å². The molecule has 0 aromatic carbocycles. The Balaban J connectivity index is 1.55. The number of nitrogens with zero attached hydrogens (tertiary/aromatic N) is 2. The van der Waals surface area contributed by atoms with Gasteiger partial charge in [-0.3, -0.25) is 14.4 Å². The van der Waals surface area contributed by atoms with Crippen LogP contribution in [0.15, 0.2) is 0 Å². The molecule has 2 amide bonds. The summed E-state index contributed by atoms with van der Waals surface area (Å²) >= 11 is 0. The smallest absolute Gasteiger partial charge is 0.306 e. The predicted molar refractivity (Wildman–Crippen MR) is 88.2 cm³/mol. The van der Waals surface area contributed by atoms with Gasteiger partial charge in [-0.05, 0) is 25.7 Å². The van der Waals surface area contributed by atoms with Crippen molar-refractivity contribution in [3.8, 4) is 0 Å². The summed E-state index contributed by atoms with van der Waals surface area (Å²) < 4.78 is 0. The van der Waals surface area contributed by atoms with Crippen LogP contribution in [0, 0.1) is 11.8 Å². The van der Waals surface area contributed by atoms with E-state index in [4.69, 9.17) is 5.11 Å². The first-order valence-electron chi connectivity index (χ1n) is 9.37. The largest absolute Gasteiger partial charge is 0.481 e. The highest BCUT2D eigenvalue weighted by molar-refractivity contribution is 5.89. The zero-order valence-electron chi connectivity index (χ0n) is 14.3. The van der Waals surface area contributed by atoms with Gasteiger partial charge in [-0.1, -0.05) is 25.7 Å².